The quantitative estimate of drug-likeness (QED) is 0.774. The number of hydrogen-bond donors (Lipinski definition) is 0. The number of aryl methyl sites for hydroxylation is 2. The second-order valence-corrected chi connectivity index (χ2v) is 4.15. The molecule has 0 aliphatic heterocycles. The van der Waals surface area contributed by atoms with Crippen LogP contribution in [0.3, 0.4) is 0 Å². The van der Waals surface area contributed by atoms with Crippen molar-refractivity contribution in [1.82, 2.24) is 14.9 Å². The van der Waals surface area contributed by atoms with Crippen molar-refractivity contribution in [2.24, 2.45) is 5.10 Å². The second kappa shape index (κ2) is 5.40. The highest BCUT2D eigenvalue weighted by Crippen LogP contribution is 2.05. The largest absolute Gasteiger partial charge is 0.202 e. The van der Waals surface area contributed by atoms with Crippen LogP contribution in [0.25, 0.3) is 6.08 Å². The summed E-state index contributed by atoms with van der Waals surface area (Å²) in [7, 11) is 0. The molecule has 0 spiro atoms. The lowest BCUT2D eigenvalue weighted by Gasteiger charge is -1.98. The van der Waals surface area contributed by atoms with Gasteiger partial charge in [-0.1, -0.05) is 36.4 Å². The van der Waals surface area contributed by atoms with Crippen LogP contribution < -0.4 is 0 Å². The molecule has 0 aliphatic rings. The van der Waals surface area contributed by atoms with E-state index in [9.17, 15) is 0 Å². The average Bonchev–Trinajstić information content (AvgIpc) is 2.68. The molecule has 0 N–H and O–H groups in total. The molecule has 1 heterocycles. The maximum absolute atomic E-state index is 4.36. The van der Waals surface area contributed by atoms with Crippen molar-refractivity contribution in [3.8, 4) is 0 Å². The first-order chi connectivity index (χ1) is 8.66. The molecular formula is C14H16N4. The van der Waals surface area contributed by atoms with Gasteiger partial charge in [0.1, 0.15) is 0 Å². The van der Waals surface area contributed by atoms with Crippen molar-refractivity contribution in [2.75, 3.05) is 0 Å². The Labute approximate surface area is 107 Å². The average molecular weight is 240 g/mol. The van der Waals surface area contributed by atoms with Gasteiger partial charge in [0, 0.05) is 0 Å². The molecule has 1 aromatic carbocycles. The maximum Gasteiger partial charge on any atom is 0.151 e. The van der Waals surface area contributed by atoms with Crippen LogP contribution in [-0.2, 0) is 0 Å². The molecule has 2 rings (SSSR count). The smallest absolute Gasteiger partial charge is 0.151 e. The molecule has 0 unspecified atom stereocenters. The highest BCUT2D eigenvalue weighted by Gasteiger charge is 2.00. The summed E-state index contributed by atoms with van der Waals surface area (Å²) in [6, 6.07) is 10.2. The zero-order chi connectivity index (χ0) is 13.0. The standard InChI is InChI=1S/C14H16N4/c1-11(9-14-7-5-4-6-8-14)10-15-18-12(2)16-17-13(18)3/h4-10H,1-3H3/b11-9+,15-10+. The van der Waals surface area contributed by atoms with Gasteiger partial charge in [-0.3, -0.25) is 0 Å². The summed E-state index contributed by atoms with van der Waals surface area (Å²) in [6.07, 6.45) is 3.90. The molecule has 1 aromatic heterocycles. The van der Waals surface area contributed by atoms with E-state index in [2.05, 4.69) is 33.5 Å². The van der Waals surface area contributed by atoms with Crippen molar-refractivity contribution in [3.05, 3.63) is 53.1 Å². The van der Waals surface area contributed by atoms with E-state index in [-0.39, 0.29) is 0 Å². The van der Waals surface area contributed by atoms with Crippen LogP contribution in [0.1, 0.15) is 24.1 Å². The van der Waals surface area contributed by atoms with E-state index < -0.39 is 0 Å². The van der Waals surface area contributed by atoms with Crippen LogP contribution in [0.4, 0.5) is 0 Å². The second-order valence-electron chi connectivity index (χ2n) is 4.15. The monoisotopic (exact) mass is 240 g/mol. The van der Waals surface area contributed by atoms with Crippen LogP contribution in [0.5, 0.6) is 0 Å². The summed E-state index contributed by atoms with van der Waals surface area (Å²) >= 11 is 0. The molecule has 0 bridgehead atoms. The van der Waals surface area contributed by atoms with Gasteiger partial charge in [0.15, 0.2) is 11.6 Å². The molecule has 18 heavy (non-hydrogen) atoms. The first kappa shape index (κ1) is 12.2. The van der Waals surface area contributed by atoms with Crippen molar-refractivity contribution in [3.63, 3.8) is 0 Å². The Kier molecular flexibility index (Phi) is 3.67. The summed E-state index contributed by atoms with van der Waals surface area (Å²) in [4.78, 5) is 0. The molecule has 92 valence electrons. The summed E-state index contributed by atoms with van der Waals surface area (Å²) < 4.78 is 1.72. The van der Waals surface area contributed by atoms with Gasteiger partial charge in [0.2, 0.25) is 0 Å². The van der Waals surface area contributed by atoms with E-state index in [1.54, 1.807) is 4.68 Å². The minimum Gasteiger partial charge on any atom is -0.202 e. The van der Waals surface area contributed by atoms with Gasteiger partial charge in [-0.25, -0.2) is 4.68 Å². The zero-order valence-electron chi connectivity index (χ0n) is 10.8. The van der Waals surface area contributed by atoms with Gasteiger partial charge in [-0.15, -0.1) is 10.2 Å². The molecule has 4 heteroatoms. The Balaban J connectivity index is 2.17. The first-order valence-corrected chi connectivity index (χ1v) is 5.83. The zero-order valence-corrected chi connectivity index (χ0v) is 10.8. The maximum atomic E-state index is 4.36. The minimum absolute atomic E-state index is 0.788. The third kappa shape index (κ3) is 2.91. The summed E-state index contributed by atoms with van der Waals surface area (Å²) in [5.74, 6) is 1.58. The van der Waals surface area contributed by atoms with Gasteiger partial charge >= 0.3 is 0 Å². The summed E-state index contributed by atoms with van der Waals surface area (Å²) in [6.45, 7) is 5.78. The number of aromatic nitrogens is 3. The van der Waals surface area contributed by atoms with E-state index >= 15 is 0 Å². The van der Waals surface area contributed by atoms with E-state index in [4.69, 9.17) is 0 Å². The van der Waals surface area contributed by atoms with Gasteiger partial charge in [0.25, 0.3) is 0 Å². The molecular weight excluding hydrogens is 224 g/mol. The third-order valence-corrected chi connectivity index (χ3v) is 2.52. The fourth-order valence-electron chi connectivity index (χ4n) is 1.63. The number of benzene rings is 1. The third-order valence-electron chi connectivity index (χ3n) is 2.52. The van der Waals surface area contributed by atoms with Crippen LogP contribution in [-0.4, -0.2) is 21.1 Å². The first-order valence-electron chi connectivity index (χ1n) is 5.83. The SMILES string of the molecule is CC(/C=N/n1c(C)nnc1C)=C\c1ccccc1. The van der Waals surface area contributed by atoms with Gasteiger partial charge in [-0.2, -0.15) is 5.10 Å². The van der Waals surface area contributed by atoms with E-state index in [0.717, 1.165) is 17.2 Å². The van der Waals surface area contributed by atoms with Crippen LogP contribution >= 0.6 is 0 Å². The fourth-order valence-corrected chi connectivity index (χ4v) is 1.63. The van der Waals surface area contributed by atoms with Gasteiger partial charge in [-0.05, 0) is 31.9 Å². The summed E-state index contributed by atoms with van der Waals surface area (Å²) in [5, 5.41) is 12.3. The summed E-state index contributed by atoms with van der Waals surface area (Å²) in [5.41, 5.74) is 2.24. The van der Waals surface area contributed by atoms with Crippen molar-refractivity contribution >= 4 is 12.3 Å². The molecule has 0 saturated carbocycles. The lowest BCUT2D eigenvalue weighted by atomic mass is 10.1. The van der Waals surface area contributed by atoms with E-state index in [1.807, 2.05) is 45.2 Å². The highest BCUT2D eigenvalue weighted by atomic mass is 15.4. The fraction of sp³-hybridized carbons (Fsp3) is 0.214. The highest BCUT2D eigenvalue weighted by molar-refractivity contribution is 5.84. The normalized spacial score (nSPS) is 12.3. The Morgan fingerprint density at radius 2 is 1.72 bits per heavy atom. The number of allylic oxidation sites excluding steroid dienone is 1. The lowest BCUT2D eigenvalue weighted by molar-refractivity contribution is 0.798. The Morgan fingerprint density at radius 3 is 2.33 bits per heavy atom. The van der Waals surface area contributed by atoms with Crippen LogP contribution in [0.2, 0.25) is 0 Å². The van der Waals surface area contributed by atoms with Crippen molar-refractivity contribution in [1.29, 1.82) is 0 Å². The minimum atomic E-state index is 0.788. The molecule has 0 fully saturated rings. The molecule has 2 aromatic rings. The molecule has 4 nitrogen and oxygen atoms in total. The topological polar surface area (TPSA) is 43.1 Å². The Hall–Kier alpha value is -2.23. The van der Waals surface area contributed by atoms with Crippen LogP contribution in [0.15, 0.2) is 41.0 Å². The Bertz CT molecular complexity index is 560. The van der Waals surface area contributed by atoms with E-state index in [0.29, 0.717) is 0 Å². The molecule has 0 aliphatic carbocycles. The van der Waals surface area contributed by atoms with Crippen molar-refractivity contribution < 1.29 is 0 Å². The predicted molar refractivity (Wildman–Crippen MR) is 73.5 cm³/mol. The van der Waals surface area contributed by atoms with Gasteiger partial charge in [0.05, 0.1) is 6.21 Å². The van der Waals surface area contributed by atoms with E-state index in [1.165, 1.54) is 5.56 Å². The van der Waals surface area contributed by atoms with Gasteiger partial charge < -0.3 is 0 Å². The molecule has 0 radical (unpaired) electrons. The Morgan fingerprint density at radius 1 is 1.11 bits per heavy atom. The number of rotatable bonds is 3. The lowest BCUT2D eigenvalue weighted by Crippen LogP contribution is -1.96. The molecule has 0 amide bonds. The number of hydrogen-bond acceptors (Lipinski definition) is 3. The van der Waals surface area contributed by atoms with Crippen molar-refractivity contribution in [2.45, 2.75) is 20.8 Å². The number of nitrogens with zero attached hydrogens (tertiary/aromatic N) is 4. The van der Waals surface area contributed by atoms with Crippen LogP contribution in [0, 0.1) is 13.8 Å². The predicted octanol–water partition coefficient (Wildman–Crippen LogP) is 2.83. The molecule has 0 saturated heterocycles. The molecule has 0 atom stereocenters.